The molecule has 7 saturated heterocycles. The first-order chi connectivity index (χ1) is 57.9. The zero-order valence-corrected chi connectivity index (χ0v) is 67.4. The molecule has 0 amide bonds. The number of hydrogen-bond donors (Lipinski definition) is 2. The lowest BCUT2D eigenvalue weighted by Crippen LogP contribution is -2.54. The van der Waals surface area contributed by atoms with Gasteiger partial charge in [-0.2, -0.15) is 0 Å². The largest absolute Gasteiger partial charge is 0.454 e. The molecule has 6 atom stereocenters. The summed E-state index contributed by atoms with van der Waals surface area (Å²) in [4.78, 5) is 87.9. The van der Waals surface area contributed by atoms with Gasteiger partial charge in [0.1, 0.15) is 72.9 Å². The Morgan fingerprint density at radius 3 is 1.24 bits per heavy atom. The number of benzene rings is 4. The molecule has 4 aromatic carbocycles. The summed E-state index contributed by atoms with van der Waals surface area (Å²) >= 11 is 0. The summed E-state index contributed by atoms with van der Waals surface area (Å²) in [5.74, 6) is 2.15. The van der Waals surface area contributed by atoms with E-state index < -0.39 is 16.9 Å². The molecular weight excluding hydrogens is 1500 g/mol. The molecular formula is C94H92N14O11. The van der Waals surface area contributed by atoms with Gasteiger partial charge in [-0.15, -0.1) is 0 Å². The first-order valence-corrected chi connectivity index (χ1v) is 41.6. The van der Waals surface area contributed by atoms with Crippen LogP contribution in [0.3, 0.4) is 0 Å². The molecule has 7 aliphatic heterocycles. The van der Waals surface area contributed by atoms with Crippen LogP contribution in [0.4, 0.5) is 22.7 Å². The molecule has 16 aromatic rings. The third kappa shape index (κ3) is 15.2. The van der Waals surface area contributed by atoms with Gasteiger partial charge in [0.05, 0.1) is 23.1 Å². The van der Waals surface area contributed by atoms with Crippen molar-refractivity contribution in [2.75, 3.05) is 105 Å². The van der Waals surface area contributed by atoms with E-state index in [2.05, 4.69) is 103 Å². The minimum absolute atomic E-state index is 0.371. The maximum absolute atomic E-state index is 12.8. The van der Waals surface area contributed by atoms with Crippen LogP contribution in [-0.2, 0) is 0 Å². The Morgan fingerprint density at radius 2 is 0.790 bits per heavy atom. The first-order valence-electron chi connectivity index (χ1n) is 41.6. The average molecular weight is 1590 g/mol. The summed E-state index contributed by atoms with van der Waals surface area (Å²) in [5.41, 5.74) is 16.1. The third-order valence-corrected chi connectivity index (χ3v) is 24.8. The summed E-state index contributed by atoms with van der Waals surface area (Å²) in [6, 6.07) is 51.3. The molecule has 19 heterocycles. The first kappa shape index (κ1) is 75.2. The number of anilines is 4. The van der Waals surface area contributed by atoms with Crippen molar-refractivity contribution >= 4 is 106 Å². The molecule has 119 heavy (non-hydrogen) atoms. The predicted octanol–water partition coefficient (Wildman–Crippen LogP) is 15.5. The lowest BCUT2D eigenvalue weighted by Gasteiger charge is -2.38. The van der Waals surface area contributed by atoms with Crippen LogP contribution < -0.4 is 52.7 Å². The van der Waals surface area contributed by atoms with Gasteiger partial charge in [0.25, 0.3) is 0 Å². The maximum atomic E-state index is 12.8. The standard InChI is InChI=1S/2C24H23N3O3.C23H23N5O2.C23H23N3O3/c2*1-15-4-7-21-20(25-15)13-23(29-21)19-11-16-5-6-17(12-22(16)30-24(19)28)27-10-9-26-8-2-3-18(26)14-27;1-14-10-28-13-20(26-22(28)9-25-14)18-7-15-4-5-17(8-21(15)30-23(18)29)27-11-16-3-2-6-24-19(16)12-27;1-13-4-7-20-19(25-13)10-22(28-20)18-8-16-5-6-17(9-21(16)29-23(18)27)26-11-14(2)24-15(3)12-26/h2*4-7,11-13,18H,2-3,8-10,14H2,1H3;4-5,7-10,13,16,19,24H,2-3,6,11-12H2,1H3;4-10,14-15,24H,11-12H2,1-3H3/t2*18-;16-,19+;14-,15+/m101./s1. The Balaban J connectivity index is 0.000000102. The van der Waals surface area contributed by atoms with Crippen molar-refractivity contribution in [3.8, 4) is 45.2 Å². The van der Waals surface area contributed by atoms with Crippen molar-refractivity contribution in [3.05, 3.63) is 235 Å². The molecule has 0 saturated carbocycles. The van der Waals surface area contributed by atoms with Crippen molar-refractivity contribution in [2.45, 2.75) is 110 Å². The van der Waals surface area contributed by atoms with E-state index in [0.29, 0.717) is 126 Å². The number of hydrogen-bond acceptors (Lipinski definition) is 24. The van der Waals surface area contributed by atoms with Crippen LogP contribution in [-0.4, -0.2) is 154 Å². The van der Waals surface area contributed by atoms with Gasteiger partial charge < -0.3 is 65.6 Å². The smallest absolute Gasteiger partial charge is 0.347 e. The number of piperidine rings is 1. The summed E-state index contributed by atoms with van der Waals surface area (Å²) in [5, 5.41) is 10.7. The number of pyridine rings is 3. The lowest BCUT2D eigenvalue weighted by atomic mass is 9.94. The molecule has 2 N–H and O–H groups in total. The normalized spacial score (nSPS) is 20.2. The highest BCUT2D eigenvalue weighted by Crippen LogP contribution is 2.38. The van der Waals surface area contributed by atoms with Crippen molar-refractivity contribution in [1.82, 2.24) is 49.8 Å². The van der Waals surface area contributed by atoms with Gasteiger partial charge in [-0.25, -0.2) is 39.1 Å². The molecule has 0 unspecified atom stereocenters. The molecule has 604 valence electrons. The molecule has 23 rings (SSSR count). The van der Waals surface area contributed by atoms with E-state index in [1.807, 2.05) is 154 Å². The van der Waals surface area contributed by atoms with Gasteiger partial charge in [0.2, 0.25) is 0 Å². The quantitative estimate of drug-likeness (QED) is 0.134. The molecule has 25 nitrogen and oxygen atoms in total. The second kappa shape index (κ2) is 31.1. The van der Waals surface area contributed by atoms with E-state index in [1.54, 1.807) is 24.4 Å². The molecule has 25 heteroatoms. The van der Waals surface area contributed by atoms with E-state index in [9.17, 15) is 19.2 Å². The van der Waals surface area contributed by atoms with E-state index >= 15 is 0 Å². The average Bonchev–Trinajstić information content (AvgIpc) is 1.76. The zero-order valence-electron chi connectivity index (χ0n) is 67.4. The van der Waals surface area contributed by atoms with Crippen LogP contribution in [0, 0.1) is 33.6 Å². The molecule has 0 aliphatic carbocycles. The second-order valence-corrected chi connectivity index (χ2v) is 33.2. The number of fused-ring (bicyclic) bond motifs is 11. The van der Waals surface area contributed by atoms with Crippen molar-refractivity contribution < 1.29 is 30.9 Å². The van der Waals surface area contributed by atoms with Crippen LogP contribution in [0.1, 0.15) is 75.1 Å². The fourth-order valence-corrected chi connectivity index (χ4v) is 18.7. The number of aromatic nitrogens is 6. The van der Waals surface area contributed by atoms with Gasteiger partial charge in [0, 0.05) is 212 Å². The number of aryl methyl sites for hydroxylation is 4. The summed E-state index contributed by atoms with van der Waals surface area (Å²) in [6.45, 7) is 25.8. The monoisotopic (exact) mass is 1590 g/mol. The Morgan fingerprint density at radius 1 is 0.370 bits per heavy atom. The van der Waals surface area contributed by atoms with E-state index in [-0.39, 0.29) is 5.63 Å². The van der Waals surface area contributed by atoms with Gasteiger partial charge in [-0.1, -0.05) is 0 Å². The Kier molecular flexibility index (Phi) is 19.6. The summed E-state index contributed by atoms with van der Waals surface area (Å²) in [6.07, 6.45) is 13.1. The number of nitrogens with one attached hydrogen (secondary N) is 2. The number of piperazine rings is 3. The third-order valence-electron chi connectivity index (χ3n) is 24.8. The Bertz CT molecular complexity index is 6400. The number of furan rings is 3. The van der Waals surface area contributed by atoms with Gasteiger partial charge in [-0.05, 0) is 215 Å². The van der Waals surface area contributed by atoms with Crippen molar-refractivity contribution in [3.63, 3.8) is 0 Å². The van der Waals surface area contributed by atoms with Crippen molar-refractivity contribution in [1.29, 1.82) is 0 Å². The van der Waals surface area contributed by atoms with Crippen molar-refractivity contribution in [2.24, 2.45) is 5.92 Å². The SMILES string of the molecule is Cc1ccc2oc(-c3cc4ccc(N5CCN6CCC[C@@H]6C5)cc4oc3=O)cc2n1.Cc1ccc2oc(-c3cc4ccc(N5CCN6CCC[C@H]6C5)cc4oc3=O)cc2n1.Cc1ccc2oc(-c3cc4ccc(N5C[C@@H](C)N[C@@H](C)C5)cc4oc3=O)cc2n1.Cc1cn2cc(-c3cc4ccc(N5C[C@H]6CCCN[C@H]6C5)cc4oc3=O)nc2cn1. The van der Waals surface area contributed by atoms with E-state index in [4.69, 9.17) is 30.9 Å². The van der Waals surface area contributed by atoms with Crippen LogP contribution in [0.25, 0.3) is 128 Å². The Hall–Kier alpha value is -12.6. The molecule has 0 bridgehead atoms. The molecule has 7 aliphatic rings. The number of rotatable bonds is 8. The van der Waals surface area contributed by atoms with E-state index in [1.165, 1.54) is 51.6 Å². The van der Waals surface area contributed by atoms with Gasteiger partial charge in [-0.3, -0.25) is 14.8 Å². The second-order valence-electron chi connectivity index (χ2n) is 33.2. The van der Waals surface area contributed by atoms with Crippen LogP contribution in [0.5, 0.6) is 0 Å². The van der Waals surface area contributed by atoms with Crippen LogP contribution >= 0.6 is 0 Å². The highest BCUT2D eigenvalue weighted by molar-refractivity contribution is 5.90. The summed E-state index contributed by atoms with van der Waals surface area (Å²) in [7, 11) is 0. The van der Waals surface area contributed by atoms with E-state index in [0.717, 1.165) is 156 Å². The molecule has 7 fully saturated rings. The Labute approximate surface area is 683 Å². The molecule has 0 radical (unpaired) electrons. The minimum atomic E-state index is -0.410. The molecule has 12 aromatic heterocycles. The van der Waals surface area contributed by atoms with Gasteiger partial charge in [0.15, 0.2) is 22.4 Å². The fraction of sp³-hybridized carbons (Fsp3) is 0.330. The number of nitrogens with zero attached hydrogens (tertiary/aromatic N) is 12. The minimum Gasteiger partial charge on any atom is -0.454 e. The fourth-order valence-electron chi connectivity index (χ4n) is 18.7. The topological polar surface area (TPSA) is 273 Å². The lowest BCUT2D eigenvalue weighted by molar-refractivity contribution is 0.231. The zero-order chi connectivity index (χ0) is 80.8. The highest BCUT2D eigenvalue weighted by Gasteiger charge is 2.36. The highest BCUT2D eigenvalue weighted by atomic mass is 16.4. The van der Waals surface area contributed by atoms with Crippen LogP contribution in [0.15, 0.2) is 220 Å². The van der Waals surface area contributed by atoms with Crippen LogP contribution in [0.2, 0.25) is 0 Å². The predicted molar refractivity (Wildman–Crippen MR) is 464 cm³/mol. The summed E-state index contributed by atoms with van der Waals surface area (Å²) < 4.78 is 42.3. The maximum Gasteiger partial charge on any atom is 0.347 e. The van der Waals surface area contributed by atoms with Gasteiger partial charge >= 0.3 is 22.5 Å². The number of imidazole rings is 1. The molecule has 0 spiro atoms.